The quantitative estimate of drug-likeness (QED) is 0.817. The van der Waals surface area contributed by atoms with Gasteiger partial charge in [-0.3, -0.25) is 4.79 Å². The second-order valence-electron chi connectivity index (χ2n) is 4.78. The predicted octanol–water partition coefficient (Wildman–Crippen LogP) is 2.74. The maximum absolute atomic E-state index is 12.1. The predicted molar refractivity (Wildman–Crippen MR) is 68.1 cm³/mol. The first-order valence-electron chi connectivity index (χ1n) is 6.31. The Morgan fingerprint density at radius 1 is 1.61 bits per heavy atom. The molecule has 94 valence electrons. The summed E-state index contributed by atoms with van der Waals surface area (Å²) < 4.78 is 5.45. The Balaban J connectivity index is 2.08. The van der Waals surface area contributed by atoms with Gasteiger partial charge in [-0.15, -0.1) is 0 Å². The molecule has 1 heterocycles. The second-order valence-corrected chi connectivity index (χ2v) is 4.78. The molecule has 3 heteroatoms. The molecule has 2 rings (SSSR count). The van der Waals surface area contributed by atoms with E-state index in [1.807, 2.05) is 31.2 Å². The van der Waals surface area contributed by atoms with Crippen molar-refractivity contribution in [3.05, 3.63) is 35.4 Å². The van der Waals surface area contributed by atoms with Crippen LogP contribution in [0.5, 0.6) is 0 Å². The van der Waals surface area contributed by atoms with Gasteiger partial charge < -0.3 is 4.74 Å². The van der Waals surface area contributed by atoms with Crippen molar-refractivity contribution in [1.82, 2.24) is 0 Å². The summed E-state index contributed by atoms with van der Waals surface area (Å²) in [6.45, 7) is 2.70. The molecule has 1 aliphatic heterocycles. The summed E-state index contributed by atoms with van der Waals surface area (Å²) in [5, 5.41) is 9.20. The van der Waals surface area contributed by atoms with Crippen LogP contribution >= 0.6 is 0 Å². The zero-order valence-electron chi connectivity index (χ0n) is 10.6. The molecule has 0 aromatic heterocycles. The lowest BCUT2D eigenvalue weighted by Crippen LogP contribution is -2.18. The normalized spacial score (nSPS) is 20.3. The molecule has 3 nitrogen and oxygen atoms in total. The Labute approximate surface area is 107 Å². The van der Waals surface area contributed by atoms with Gasteiger partial charge in [0.2, 0.25) is 0 Å². The summed E-state index contributed by atoms with van der Waals surface area (Å²) in [7, 11) is 0. The molecule has 1 aliphatic rings. The number of hydrogen-bond donors (Lipinski definition) is 0. The number of benzene rings is 1. The van der Waals surface area contributed by atoms with Crippen molar-refractivity contribution in [3.8, 4) is 6.07 Å². The number of Topliss-reactive ketones (excluding diaryl/α,β-unsaturated/α-hetero) is 1. The van der Waals surface area contributed by atoms with E-state index in [2.05, 4.69) is 6.07 Å². The minimum Gasteiger partial charge on any atom is -0.378 e. The fourth-order valence-corrected chi connectivity index (χ4v) is 2.33. The van der Waals surface area contributed by atoms with Crippen LogP contribution in [-0.2, 0) is 9.53 Å². The summed E-state index contributed by atoms with van der Waals surface area (Å²) >= 11 is 0. The lowest BCUT2D eigenvalue weighted by molar-refractivity contribution is -0.121. The Kier molecular flexibility index (Phi) is 4.11. The van der Waals surface area contributed by atoms with E-state index in [0.29, 0.717) is 6.42 Å². The first-order chi connectivity index (χ1) is 8.70. The van der Waals surface area contributed by atoms with E-state index < -0.39 is 5.92 Å². The number of hydrogen-bond acceptors (Lipinski definition) is 3. The van der Waals surface area contributed by atoms with Crippen LogP contribution in [-0.4, -0.2) is 18.5 Å². The van der Waals surface area contributed by atoms with E-state index in [0.717, 1.165) is 30.6 Å². The van der Waals surface area contributed by atoms with Gasteiger partial charge in [-0.1, -0.05) is 29.8 Å². The molecule has 1 fully saturated rings. The van der Waals surface area contributed by atoms with Crippen LogP contribution in [0.2, 0.25) is 0 Å². The van der Waals surface area contributed by atoms with Crippen LogP contribution in [0.4, 0.5) is 0 Å². The fourth-order valence-electron chi connectivity index (χ4n) is 2.33. The van der Waals surface area contributed by atoms with E-state index in [1.165, 1.54) is 0 Å². The molecule has 0 aliphatic carbocycles. The standard InChI is InChI=1S/C15H17NO2/c1-11-4-2-5-12(8-11)14(10-16)15(17)9-13-6-3-7-18-13/h2,4-5,8,13-14H,3,6-7,9H2,1H3. The molecule has 1 saturated heterocycles. The van der Waals surface area contributed by atoms with Crippen LogP contribution < -0.4 is 0 Å². The van der Waals surface area contributed by atoms with Gasteiger partial charge in [-0.05, 0) is 25.3 Å². The van der Waals surface area contributed by atoms with Gasteiger partial charge in [0.25, 0.3) is 0 Å². The molecule has 2 atom stereocenters. The van der Waals surface area contributed by atoms with Crippen LogP contribution in [0.15, 0.2) is 24.3 Å². The Morgan fingerprint density at radius 3 is 3.06 bits per heavy atom. The van der Waals surface area contributed by atoms with Crippen molar-refractivity contribution in [1.29, 1.82) is 5.26 Å². The molecule has 0 spiro atoms. The molecular formula is C15H17NO2. The second kappa shape index (κ2) is 5.79. The highest BCUT2D eigenvalue weighted by Gasteiger charge is 2.25. The molecule has 0 radical (unpaired) electrons. The number of ether oxygens (including phenoxy) is 1. The number of ketones is 1. The lowest BCUT2D eigenvalue weighted by Gasteiger charge is -2.12. The Morgan fingerprint density at radius 2 is 2.44 bits per heavy atom. The van der Waals surface area contributed by atoms with Gasteiger partial charge in [0.05, 0.1) is 12.2 Å². The van der Waals surface area contributed by atoms with Crippen molar-refractivity contribution in [2.45, 2.75) is 38.2 Å². The zero-order chi connectivity index (χ0) is 13.0. The number of aryl methyl sites for hydroxylation is 1. The highest BCUT2D eigenvalue weighted by atomic mass is 16.5. The third-order valence-electron chi connectivity index (χ3n) is 3.28. The van der Waals surface area contributed by atoms with Gasteiger partial charge in [0.15, 0.2) is 5.78 Å². The summed E-state index contributed by atoms with van der Waals surface area (Å²) in [5.74, 6) is -0.691. The monoisotopic (exact) mass is 243 g/mol. The van der Waals surface area contributed by atoms with Gasteiger partial charge >= 0.3 is 0 Å². The minimum atomic E-state index is -0.658. The van der Waals surface area contributed by atoms with Crippen LogP contribution in [0.1, 0.15) is 36.3 Å². The number of nitriles is 1. The van der Waals surface area contributed by atoms with E-state index in [-0.39, 0.29) is 11.9 Å². The molecule has 1 aromatic rings. The average molecular weight is 243 g/mol. The Bertz CT molecular complexity index is 470. The van der Waals surface area contributed by atoms with Gasteiger partial charge in [-0.2, -0.15) is 5.26 Å². The molecule has 1 aromatic carbocycles. The molecule has 0 amide bonds. The van der Waals surface area contributed by atoms with Crippen molar-refractivity contribution in [2.24, 2.45) is 0 Å². The van der Waals surface area contributed by atoms with E-state index >= 15 is 0 Å². The van der Waals surface area contributed by atoms with E-state index in [4.69, 9.17) is 4.74 Å². The average Bonchev–Trinajstić information content (AvgIpc) is 2.83. The smallest absolute Gasteiger partial charge is 0.157 e. The molecule has 2 unspecified atom stereocenters. The van der Waals surface area contributed by atoms with Gasteiger partial charge in [-0.25, -0.2) is 0 Å². The van der Waals surface area contributed by atoms with Crippen LogP contribution in [0, 0.1) is 18.3 Å². The maximum Gasteiger partial charge on any atom is 0.157 e. The van der Waals surface area contributed by atoms with Crippen LogP contribution in [0.3, 0.4) is 0 Å². The van der Waals surface area contributed by atoms with E-state index in [9.17, 15) is 10.1 Å². The minimum absolute atomic E-state index is 0.0122. The number of nitrogens with zero attached hydrogens (tertiary/aromatic N) is 1. The number of carbonyl (C=O) groups is 1. The number of carbonyl (C=O) groups excluding carboxylic acids is 1. The van der Waals surface area contributed by atoms with Gasteiger partial charge in [0, 0.05) is 13.0 Å². The maximum atomic E-state index is 12.1. The lowest BCUT2D eigenvalue weighted by atomic mass is 9.91. The third-order valence-corrected chi connectivity index (χ3v) is 3.28. The van der Waals surface area contributed by atoms with Crippen molar-refractivity contribution >= 4 is 5.78 Å². The van der Waals surface area contributed by atoms with Crippen LogP contribution in [0.25, 0.3) is 0 Å². The van der Waals surface area contributed by atoms with Gasteiger partial charge in [0.1, 0.15) is 5.92 Å². The van der Waals surface area contributed by atoms with Crippen molar-refractivity contribution in [3.63, 3.8) is 0 Å². The molecule has 0 bridgehead atoms. The summed E-state index contributed by atoms with van der Waals surface area (Å²) in [6.07, 6.45) is 2.31. The third kappa shape index (κ3) is 2.96. The molecule has 0 saturated carbocycles. The molecule has 18 heavy (non-hydrogen) atoms. The van der Waals surface area contributed by atoms with E-state index in [1.54, 1.807) is 0 Å². The molecule has 0 N–H and O–H groups in total. The molecular weight excluding hydrogens is 226 g/mol. The zero-order valence-corrected chi connectivity index (χ0v) is 10.6. The highest BCUT2D eigenvalue weighted by Crippen LogP contribution is 2.23. The summed E-state index contributed by atoms with van der Waals surface area (Å²) in [6, 6.07) is 9.70. The van der Waals surface area contributed by atoms with Crippen molar-refractivity contribution in [2.75, 3.05) is 6.61 Å². The Hall–Kier alpha value is -1.66. The number of rotatable bonds is 4. The highest BCUT2D eigenvalue weighted by molar-refractivity contribution is 5.88. The fraction of sp³-hybridized carbons (Fsp3) is 0.467. The SMILES string of the molecule is Cc1cccc(C(C#N)C(=O)CC2CCCO2)c1. The van der Waals surface area contributed by atoms with Crippen molar-refractivity contribution < 1.29 is 9.53 Å². The summed E-state index contributed by atoms with van der Waals surface area (Å²) in [4.78, 5) is 12.1. The largest absolute Gasteiger partial charge is 0.378 e. The summed E-state index contributed by atoms with van der Waals surface area (Å²) in [5.41, 5.74) is 1.86. The first-order valence-corrected chi connectivity index (χ1v) is 6.31. The topological polar surface area (TPSA) is 50.1 Å². The first kappa shape index (κ1) is 12.8.